The van der Waals surface area contributed by atoms with Gasteiger partial charge in [0, 0.05) is 13.1 Å². The Morgan fingerprint density at radius 1 is 1.23 bits per heavy atom. The molecular weight excluding hydrogens is 158 g/mol. The van der Waals surface area contributed by atoms with E-state index in [1.165, 1.54) is 5.56 Å². The van der Waals surface area contributed by atoms with Gasteiger partial charge in [0.1, 0.15) is 0 Å². The van der Waals surface area contributed by atoms with Crippen LogP contribution >= 0.6 is 0 Å². The lowest BCUT2D eigenvalue weighted by molar-refractivity contribution is 0.386. The summed E-state index contributed by atoms with van der Waals surface area (Å²) in [5.41, 5.74) is 1.33. The van der Waals surface area contributed by atoms with Crippen LogP contribution in [0.25, 0.3) is 0 Å². The second-order valence-electron chi connectivity index (χ2n) is 3.09. The third-order valence-corrected chi connectivity index (χ3v) is 2.03. The van der Waals surface area contributed by atoms with Crippen LogP contribution in [0, 0.1) is 6.20 Å². The van der Waals surface area contributed by atoms with Crippen molar-refractivity contribution < 1.29 is 0 Å². The fourth-order valence-corrected chi connectivity index (χ4v) is 1.37. The largest absolute Gasteiger partial charge is 0.362 e. The van der Waals surface area contributed by atoms with E-state index in [0.29, 0.717) is 0 Å². The van der Waals surface area contributed by atoms with Gasteiger partial charge >= 0.3 is 0 Å². The van der Waals surface area contributed by atoms with Gasteiger partial charge in [-0.15, -0.1) is 0 Å². The maximum absolute atomic E-state index is 3.19. The van der Waals surface area contributed by atoms with Gasteiger partial charge in [-0.05, 0) is 11.6 Å². The van der Waals surface area contributed by atoms with Gasteiger partial charge in [-0.1, -0.05) is 42.5 Å². The Labute approximate surface area is 79.0 Å². The molecule has 0 amide bonds. The first-order chi connectivity index (χ1) is 6.45. The topological polar surface area (TPSA) is 3.24 Å². The number of hydrogen-bond acceptors (Lipinski definition) is 1. The van der Waals surface area contributed by atoms with Gasteiger partial charge < -0.3 is 4.90 Å². The summed E-state index contributed by atoms with van der Waals surface area (Å²) in [7, 11) is 0. The number of rotatable bonds is 2. The van der Waals surface area contributed by atoms with E-state index < -0.39 is 0 Å². The molecule has 1 nitrogen and oxygen atoms in total. The second kappa shape index (κ2) is 3.94. The van der Waals surface area contributed by atoms with Gasteiger partial charge in [0.25, 0.3) is 0 Å². The van der Waals surface area contributed by atoms with Crippen molar-refractivity contribution in [1.29, 1.82) is 0 Å². The van der Waals surface area contributed by atoms with Crippen molar-refractivity contribution in [1.82, 2.24) is 4.90 Å². The minimum atomic E-state index is 0.946. The molecule has 0 saturated heterocycles. The van der Waals surface area contributed by atoms with Crippen LogP contribution < -0.4 is 0 Å². The van der Waals surface area contributed by atoms with Crippen LogP contribution in [-0.4, -0.2) is 11.4 Å². The normalized spacial score (nSPS) is 14.9. The molecule has 0 aliphatic carbocycles. The van der Waals surface area contributed by atoms with Gasteiger partial charge in [0.15, 0.2) is 0 Å². The molecule has 1 heteroatoms. The van der Waals surface area contributed by atoms with Gasteiger partial charge in [-0.3, -0.25) is 0 Å². The minimum absolute atomic E-state index is 0.946. The molecule has 2 rings (SSSR count). The first kappa shape index (κ1) is 8.11. The smallest absolute Gasteiger partial charge is 0.0610 e. The summed E-state index contributed by atoms with van der Waals surface area (Å²) >= 11 is 0. The van der Waals surface area contributed by atoms with E-state index in [-0.39, 0.29) is 0 Å². The average Bonchev–Trinajstić information content (AvgIpc) is 2.21. The highest BCUT2D eigenvalue weighted by atomic mass is 15.1. The molecule has 1 aromatic rings. The molecule has 1 radical (unpaired) electrons. The van der Waals surface area contributed by atoms with Crippen molar-refractivity contribution in [2.45, 2.75) is 6.54 Å². The van der Waals surface area contributed by atoms with Crippen molar-refractivity contribution in [2.75, 3.05) is 6.54 Å². The first-order valence-electron chi connectivity index (χ1n) is 4.48. The van der Waals surface area contributed by atoms with Crippen LogP contribution in [0.5, 0.6) is 0 Å². The van der Waals surface area contributed by atoms with Crippen LogP contribution in [0.4, 0.5) is 0 Å². The molecule has 0 bridgehead atoms. The van der Waals surface area contributed by atoms with E-state index in [1.807, 2.05) is 18.2 Å². The van der Waals surface area contributed by atoms with Gasteiger partial charge in [0.2, 0.25) is 0 Å². The van der Waals surface area contributed by atoms with Gasteiger partial charge in [0.05, 0.1) is 6.20 Å². The lowest BCUT2D eigenvalue weighted by Gasteiger charge is -2.19. The zero-order valence-electron chi connectivity index (χ0n) is 7.48. The molecule has 13 heavy (non-hydrogen) atoms. The molecule has 0 fully saturated rings. The molecule has 0 N–H and O–H groups in total. The Morgan fingerprint density at radius 2 is 2.08 bits per heavy atom. The molecule has 0 unspecified atom stereocenters. The van der Waals surface area contributed by atoms with E-state index >= 15 is 0 Å². The molecule has 1 aliphatic heterocycles. The van der Waals surface area contributed by atoms with Crippen molar-refractivity contribution in [3.63, 3.8) is 0 Å². The maximum Gasteiger partial charge on any atom is 0.0610 e. The molecule has 0 aromatic heterocycles. The van der Waals surface area contributed by atoms with Crippen molar-refractivity contribution >= 4 is 0 Å². The molecular formula is C12H12N. The van der Waals surface area contributed by atoms with E-state index in [9.17, 15) is 0 Å². The van der Waals surface area contributed by atoms with E-state index in [1.54, 1.807) is 0 Å². The number of allylic oxidation sites excluding steroid dienone is 2. The van der Waals surface area contributed by atoms with E-state index in [4.69, 9.17) is 0 Å². The molecule has 0 atom stereocenters. The summed E-state index contributed by atoms with van der Waals surface area (Å²) in [5, 5.41) is 0. The van der Waals surface area contributed by atoms with Crippen LogP contribution in [0.3, 0.4) is 0 Å². The van der Waals surface area contributed by atoms with Crippen LogP contribution in [-0.2, 0) is 6.54 Å². The Hall–Kier alpha value is -1.50. The fourth-order valence-electron chi connectivity index (χ4n) is 1.37. The molecule has 0 saturated carbocycles. The Bertz CT molecular complexity index is 311. The lowest BCUT2D eigenvalue weighted by atomic mass is 10.2. The predicted molar refractivity (Wildman–Crippen MR) is 53.8 cm³/mol. The molecule has 1 aliphatic rings. The minimum Gasteiger partial charge on any atom is -0.362 e. The third kappa shape index (κ3) is 2.22. The van der Waals surface area contributed by atoms with Crippen LogP contribution in [0.1, 0.15) is 5.56 Å². The highest BCUT2D eigenvalue weighted by Crippen LogP contribution is 2.06. The average molecular weight is 170 g/mol. The lowest BCUT2D eigenvalue weighted by Crippen LogP contribution is -2.18. The summed E-state index contributed by atoms with van der Waals surface area (Å²) in [4.78, 5) is 2.16. The summed E-state index contributed by atoms with van der Waals surface area (Å²) in [5.74, 6) is 0. The Kier molecular flexibility index (Phi) is 2.46. The Balaban J connectivity index is 1.99. The summed E-state index contributed by atoms with van der Waals surface area (Å²) in [6.45, 7) is 1.91. The van der Waals surface area contributed by atoms with Crippen LogP contribution in [0.15, 0.2) is 48.6 Å². The summed E-state index contributed by atoms with van der Waals surface area (Å²) < 4.78 is 0. The number of benzene rings is 1. The quantitative estimate of drug-likeness (QED) is 0.658. The highest BCUT2D eigenvalue weighted by Gasteiger charge is 2.00. The summed E-state index contributed by atoms with van der Waals surface area (Å²) in [6.07, 6.45) is 9.31. The SMILES string of the molecule is [C]1=CC=CCN1Cc1ccccc1. The van der Waals surface area contributed by atoms with Crippen molar-refractivity contribution in [3.05, 3.63) is 60.3 Å². The van der Waals surface area contributed by atoms with Gasteiger partial charge in [-0.2, -0.15) is 0 Å². The van der Waals surface area contributed by atoms with E-state index in [0.717, 1.165) is 13.1 Å². The van der Waals surface area contributed by atoms with E-state index in [2.05, 4.69) is 41.4 Å². The first-order valence-corrected chi connectivity index (χ1v) is 4.48. The molecule has 1 heterocycles. The zero-order chi connectivity index (χ0) is 8.93. The monoisotopic (exact) mass is 170 g/mol. The number of hydrogen-bond donors (Lipinski definition) is 0. The second-order valence-corrected chi connectivity index (χ2v) is 3.09. The highest BCUT2D eigenvalue weighted by molar-refractivity contribution is 5.15. The third-order valence-electron chi connectivity index (χ3n) is 2.03. The fraction of sp³-hybridized carbons (Fsp3) is 0.167. The zero-order valence-corrected chi connectivity index (χ0v) is 7.48. The van der Waals surface area contributed by atoms with Gasteiger partial charge in [-0.25, -0.2) is 0 Å². The number of nitrogens with zero attached hydrogens (tertiary/aromatic N) is 1. The molecule has 1 aromatic carbocycles. The van der Waals surface area contributed by atoms with Crippen molar-refractivity contribution in [2.24, 2.45) is 0 Å². The molecule has 65 valence electrons. The summed E-state index contributed by atoms with van der Waals surface area (Å²) in [6, 6.07) is 10.5. The predicted octanol–water partition coefficient (Wildman–Crippen LogP) is 2.38. The standard InChI is InChI=1S/C12H12N/c1-3-7-12(8-4-1)11-13-9-5-2-6-10-13/h1-8H,9,11H2. The van der Waals surface area contributed by atoms with Crippen molar-refractivity contribution in [3.8, 4) is 0 Å². The maximum atomic E-state index is 3.19. The Morgan fingerprint density at radius 3 is 2.77 bits per heavy atom. The van der Waals surface area contributed by atoms with Crippen LogP contribution in [0.2, 0.25) is 0 Å². The molecule has 0 spiro atoms.